The Morgan fingerprint density at radius 3 is 2.22 bits per heavy atom. The molecule has 0 unspecified atom stereocenters. The highest BCUT2D eigenvalue weighted by Crippen LogP contribution is 2.32. The fourth-order valence-corrected chi connectivity index (χ4v) is 4.77. The van der Waals surface area contributed by atoms with Gasteiger partial charge >= 0.3 is 0 Å². The first kappa shape index (κ1) is 24.0. The van der Waals surface area contributed by atoms with Gasteiger partial charge in [-0.15, -0.1) is 0 Å². The Labute approximate surface area is 219 Å². The molecule has 4 aromatic rings. The third kappa shape index (κ3) is 4.85. The molecular formula is C27H24Cl2N4O3. The Morgan fingerprint density at radius 2 is 1.58 bits per heavy atom. The maximum absolute atomic E-state index is 13.5. The van der Waals surface area contributed by atoms with Crippen LogP contribution in [0.15, 0.2) is 72.9 Å². The maximum atomic E-state index is 13.5. The number of aromatic nitrogens is 2. The number of amides is 1. The van der Waals surface area contributed by atoms with Crippen molar-refractivity contribution in [3.63, 3.8) is 0 Å². The summed E-state index contributed by atoms with van der Waals surface area (Å²) in [6, 6.07) is 19.8. The zero-order chi connectivity index (χ0) is 25.2. The summed E-state index contributed by atoms with van der Waals surface area (Å²) in [5.74, 6) is 1.37. The number of hydrogen-bond acceptors (Lipinski definition) is 5. The number of aromatic hydroxyl groups is 1. The number of anilines is 1. The van der Waals surface area contributed by atoms with Crippen molar-refractivity contribution in [2.24, 2.45) is 0 Å². The van der Waals surface area contributed by atoms with Crippen LogP contribution in [0.3, 0.4) is 0 Å². The molecule has 0 bridgehead atoms. The van der Waals surface area contributed by atoms with Crippen LogP contribution < -0.4 is 9.64 Å². The number of phenolic OH excluding ortho intramolecular Hbond substituents is 1. The lowest BCUT2D eigenvalue weighted by atomic mass is 10.2. The lowest BCUT2D eigenvalue weighted by Gasteiger charge is -2.35. The summed E-state index contributed by atoms with van der Waals surface area (Å²) in [5, 5.41) is 10.5. The van der Waals surface area contributed by atoms with Crippen LogP contribution in [0.4, 0.5) is 5.69 Å². The van der Waals surface area contributed by atoms with Crippen molar-refractivity contribution in [1.82, 2.24) is 14.5 Å². The number of benzene rings is 3. The van der Waals surface area contributed by atoms with Crippen molar-refractivity contribution in [3.05, 3.63) is 88.7 Å². The van der Waals surface area contributed by atoms with Crippen molar-refractivity contribution in [2.45, 2.75) is 0 Å². The van der Waals surface area contributed by atoms with Gasteiger partial charge in [-0.05, 0) is 66.7 Å². The number of rotatable bonds is 5. The molecule has 1 N–H and O–H groups in total. The van der Waals surface area contributed by atoms with Crippen LogP contribution in [0.1, 0.15) is 10.5 Å². The van der Waals surface area contributed by atoms with Gasteiger partial charge in [-0.1, -0.05) is 23.2 Å². The van der Waals surface area contributed by atoms with E-state index >= 15 is 0 Å². The number of carbonyl (C=O) groups excluding carboxylic acids is 1. The molecule has 1 saturated heterocycles. The molecule has 1 aliphatic rings. The third-order valence-corrected chi connectivity index (χ3v) is 6.78. The van der Waals surface area contributed by atoms with Crippen molar-refractivity contribution >= 4 is 34.8 Å². The minimum atomic E-state index is -0.140. The summed E-state index contributed by atoms with van der Waals surface area (Å²) < 4.78 is 7.14. The first-order valence-corrected chi connectivity index (χ1v) is 12.2. The van der Waals surface area contributed by atoms with Crippen molar-refractivity contribution in [2.75, 3.05) is 38.2 Å². The van der Waals surface area contributed by atoms with Gasteiger partial charge in [0.2, 0.25) is 0 Å². The number of nitrogens with zero attached hydrogens (tertiary/aromatic N) is 4. The predicted octanol–water partition coefficient (Wildman–Crippen LogP) is 5.52. The molecule has 3 aromatic carbocycles. The van der Waals surface area contributed by atoms with Crippen LogP contribution in [-0.2, 0) is 0 Å². The summed E-state index contributed by atoms with van der Waals surface area (Å²) >= 11 is 12.6. The zero-order valence-corrected chi connectivity index (χ0v) is 21.1. The molecule has 7 nitrogen and oxygen atoms in total. The number of phenols is 1. The molecule has 2 heterocycles. The average molecular weight is 523 g/mol. The topological polar surface area (TPSA) is 70.8 Å². The standard InChI is InChI=1S/C27H24Cl2N4O3/c1-36-22-9-5-20(6-10-22)33-17-25(30-26(33)23-11-2-18(28)16-24(23)29)27(35)32-14-12-31(13-15-32)19-3-7-21(34)8-4-19/h2-11,16-17,34H,12-15H2,1H3. The molecule has 1 amide bonds. The summed E-state index contributed by atoms with van der Waals surface area (Å²) in [6.45, 7) is 2.50. The monoisotopic (exact) mass is 522 g/mol. The average Bonchev–Trinajstić information content (AvgIpc) is 3.34. The Balaban J connectivity index is 1.43. The van der Waals surface area contributed by atoms with Gasteiger partial charge in [-0.25, -0.2) is 4.98 Å². The van der Waals surface area contributed by atoms with Gasteiger partial charge in [0.25, 0.3) is 5.91 Å². The Hall–Kier alpha value is -3.68. The van der Waals surface area contributed by atoms with E-state index in [-0.39, 0.29) is 11.7 Å². The molecule has 5 rings (SSSR count). The van der Waals surface area contributed by atoms with E-state index in [1.54, 1.807) is 43.6 Å². The lowest BCUT2D eigenvalue weighted by Crippen LogP contribution is -2.48. The van der Waals surface area contributed by atoms with Gasteiger partial charge in [0.15, 0.2) is 0 Å². The first-order valence-electron chi connectivity index (χ1n) is 11.5. The molecule has 9 heteroatoms. The molecule has 1 aromatic heterocycles. The van der Waals surface area contributed by atoms with E-state index in [2.05, 4.69) is 4.90 Å². The SMILES string of the molecule is COc1ccc(-n2cc(C(=O)N3CCN(c4ccc(O)cc4)CC3)nc2-c2ccc(Cl)cc2Cl)cc1. The number of piperazine rings is 1. The minimum absolute atomic E-state index is 0.140. The highest BCUT2D eigenvalue weighted by molar-refractivity contribution is 6.36. The number of ether oxygens (including phenoxy) is 1. The Bertz CT molecular complexity index is 1380. The summed E-state index contributed by atoms with van der Waals surface area (Å²) in [4.78, 5) is 22.2. The number of methoxy groups -OCH3 is 1. The van der Waals surface area contributed by atoms with E-state index in [1.165, 1.54) is 0 Å². The van der Waals surface area contributed by atoms with Gasteiger partial charge in [0.1, 0.15) is 23.0 Å². The van der Waals surface area contributed by atoms with E-state index in [0.717, 1.165) is 17.1 Å². The van der Waals surface area contributed by atoms with Gasteiger partial charge in [0.05, 0.1) is 12.1 Å². The molecule has 0 atom stereocenters. The van der Waals surface area contributed by atoms with E-state index in [0.29, 0.717) is 53.3 Å². The second-order valence-corrected chi connectivity index (χ2v) is 9.28. The minimum Gasteiger partial charge on any atom is -0.508 e. The van der Waals surface area contributed by atoms with Gasteiger partial charge in [0, 0.05) is 54.3 Å². The predicted molar refractivity (Wildman–Crippen MR) is 142 cm³/mol. The van der Waals surface area contributed by atoms with E-state index < -0.39 is 0 Å². The molecule has 1 fully saturated rings. The molecular weight excluding hydrogens is 499 g/mol. The highest BCUT2D eigenvalue weighted by atomic mass is 35.5. The quantitative estimate of drug-likeness (QED) is 0.373. The third-order valence-electron chi connectivity index (χ3n) is 6.23. The van der Waals surface area contributed by atoms with Crippen molar-refractivity contribution in [3.8, 4) is 28.6 Å². The zero-order valence-electron chi connectivity index (χ0n) is 19.6. The molecule has 36 heavy (non-hydrogen) atoms. The lowest BCUT2D eigenvalue weighted by molar-refractivity contribution is 0.0741. The summed E-state index contributed by atoms with van der Waals surface area (Å²) in [6.07, 6.45) is 1.75. The van der Waals surface area contributed by atoms with Crippen LogP contribution >= 0.6 is 23.2 Å². The van der Waals surface area contributed by atoms with Crippen LogP contribution in [0.5, 0.6) is 11.5 Å². The summed E-state index contributed by atoms with van der Waals surface area (Å²) in [7, 11) is 1.61. The molecule has 184 valence electrons. The second kappa shape index (κ2) is 10.1. The molecule has 0 radical (unpaired) electrons. The maximum Gasteiger partial charge on any atom is 0.274 e. The Morgan fingerprint density at radius 1 is 0.917 bits per heavy atom. The van der Waals surface area contributed by atoms with Crippen LogP contribution in [0.25, 0.3) is 17.1 Å². The second-order valence-electron chi connectivity index (χ2n) is 8.44. The summed E-state index contributed by atoms with van der Waals surface area (Å²) in [5.41, 5.74) is 2.85. The molecule has 1 aliphatic heterocycles. The highest BCUT2D eigenvalue weighted by Gasteiger charge is 2.26. The number of imidazole rings is 1. The van der Waals surface area contributed by atoms with E-state index in [4.69, 9.17) is 32.9 Å². The fourth-order valence-electron chi connectivity index (χ4n) is 4.28. The van der Waals surface area contributed by atoms with E-state index in [9.17, 15) is 9.90 Å². The Kier molecular flexibility index (Phi) is 6.76. The van der Waals surface area contributed by atoms with Gasteiger partial charge in [-0.2, -0.15) is 0 Å². The molecule has 0 aliphatic carbocycles. The van der Waals surface area contributed by atoms with Gasteiger partial charge in [-0.3, -0.25) is 9.36 Å². The van der Waals surface area contributed by atoms with Crippen LogP contribution in [0, 0.1) is 0 Å². The van der Waals surface area contributed by atoms with Crippen molar-refractivity contribution in [1.29, 1.82) is 0 Å². The van der Waals surface area contributed by atoms with E-state index in [1.807, 2.05) is 45.9 Å². The number of hydrogen-bond donors (Lipinski definition) is 1. The fraction of sp³-hybridized carbons (Fsp3) is 0.185. The largest absolute Gasteiger partial charge is 0.508 e. The number of halogens is 2. The molecule has 0 spiro atoms. The smallest absolute Gasteiger partial charge is 0.274 e. The van der Waals surface area contributed by atoms with Crippen molar-refractivity contribution < 1.29 is 14.6 Å². The normalized spacial score (nSPS) is 13.6. The van der Waals surface area contributed by atoms with Crippen LogP contribution in [-0.4, -0.2) is 58.8 Å². The van der Waals surface area contributed by atoms with Crippen LogP contribution in [0.2, 0.25) is 10.0 Å². The first-order chi connectivity index (χ1) is 17.4. The van der Waals surface area contributed by atoms with Gasteiger partial charge < -0.3 is 19.6 Å². The molecule has 0 saturated carbocycles. The number of carbonyl (C=O) groups is 1.